The number of thiazole rings is 1. The lowest BCUT2D eigenvalue weighted by Crippen LogP contribution is -2.23. The minimum Gasteiger partial charge on any atom is -0.288 e. The SMILES string of the molecule is O=C1CCCN1c1nc(-c2ccc(Br)cc2)cs1. The van der Waals surface area contributed by atoms with Crippen molar-refractivity contribution in [1.29, 1.82) is 0 Å². The predicted octanol–water partition coefficient (Wildman–Crippen LogP) is 3.70. The van der Waals surface area contributed by atoms with Crippen molar-refractivity contribution in [1.82, 2.24) is 4.98 Å². The molecular formula is C13H11BrN2OS. The second-order valence-electron chi connectivity index (χ2n) is 4.17. The Kier molecular flexibility index (Phi) is 3.18. The maximum atomic E-state index is 11.7. The van der Waals surface area contributed by atoms with Gasteiger partial charge < -0.3 is 0 Å². The van der Waals surface area contributed by atoms with E-state index < -0.39 is 0 Å². The van der Waals surface area contributed by atoms with Gasteiger partial charge in [0.05, 0.1) is 5.69 Å². The lowest BCUT2D eigenvalue weighted by molar-refractivity contribution is -0.117. The average Bonchev–Trinajstić information content (AvgIpc) is 2.98. The number of hydrogen-bond acceptors (Lipinski definition) is 3. The molecule has 0 saturated carbocycles. The van der Waals surface area contributed by atoms with E-state index in [1.807, 2.05) is 29.6 Å². The van der Waals surface area contributed by atoms with E-state index in [1.54, 1.807) is 4.90 Å². The highest BCUT2D eigenvalue weighted by molar-refractivity contribution is 9.10. The molecule has 0 atom stereocenters. The number of carbonyl (C=O) groups excluding carboxylic acids is 1. The molecule has 1 fully saturated rings. The molecule has 0 radical (unpaired) electrons. The van der Waals surface area contributed by atoms with Crippen molar-refractivity contribution in [3.63, 3.8) is 0 Å². The summed E-state index contributed by atoms with van der Waals surface area (Å²) in [6.45, 7) is 0.798. The number of aromatic nitrogens is 1. The fraction of sp³-hybridized carbons (Fsp3) is 0.231. The smallest absolute Gasteiger partial charge is 0.228 e. The third-order valence-corrected chi connectivity index (χ3v) is 4.33. The van der Waals surface area contributed by atoms with Crippen LogP contribution in [0.25, 0.3) is 11.3 Å². The summed E-state index contributed by atoms with van der Waals surface area (Å²) < 4.78 is 1.05. The summed E-state index contributed by atoms with van der Waals surface area (Å²) in [5.74, 6) is 0.187. The second-order valence-corrected chi connectivity index (χ2v) is 5.92. The number of anilines is 1. The van der Waals surface area contributed by atoms with Crippen LogP contribution in [0.15, 0.2) is 34.1 Å². The molecule has 0 aliphatic carbocycles. The Hall–Kier alpha value is -1.20. The maximum Gasteiger partial charge on any atom is 0.228 e. The highest BCUT2D eigenvalue weighted by Gasteiger charge is 2.24. The zero-order valence-corrected chi connectivity index (χ0v) is 12.0. The molecule has 1 aliphatic rings. The Balaban J connectivity index is 1.89. The van der Waals surface area contributed by atoms with Gasteiger partial charge in [-0.05, 0) is 18.6 Å². The summed E-state index contributed by atoms with van der Waals surface area (Å²) >= 11 is 4.95. The number of hydrogen-bond donors (Lipinski definition) is 0. The summed E-state index contributed by atoms with van der Waals surface area (Å²) in [7, 11) is 0. The van der Waals surface area contributed by atoms with Crippen LogP contribution in [0.4, 0.5) is 5.13 Å². The third-order valence-electron chi connectivity index (χ3n) is 2.94. The van der Waals surface area contributed by atoms with E-state index in [9.17, 15) is 4.79 Å². The van der Waals surface area contributed by atoms with Crippen LogP contribution in [0.1, 0.15) is 12.8 Å². The lowest BCUT2D eigenvalue weighted by Gasteiger charge is -2.10. The zero-order chi connectivity index (χ0) is 12.5. The van der Waals surface area contributed by atoms with Gasteiger partial charge in [-0.3, -0.25) is 9.69 Å². The summed E-state index contributed by atoms with van der Waals surface area (Å²) in [4.78, 5) is 18.0. The Labute approximate surface area is 118 Å². The number of rotatable bonds is 2. The molecule has 3 rings (SSSR count). The minimum atomic E-state index is 0.187. The number of halogens is 1. The quantitative estimate of drug-likeness (QED) is 0.844. The molecule has 18 heavy (non-hydrogen) atoms. The van der Waals surface area contributed by atoms with E-state index in [1.165, 1.54) is 11.3 Å². The van der Waals surface area contributed by atoms with Gasteiger partial charge in [0.15, 0.2) is 5.13 Å². The molecule has 5 heteroatoms. The van der Waals surface area contributed by atoms with Crippen LogP contribution in [-0.2, 0) is 4.79 Å². The normalized spacial score (nSPS) is 15.4. The van der Waals surface area contributed by atoms with Crippen LogP contribution in [0, 0.1) is 0 Å². The van der Waals surface area contributed by atoms with Crippen LogP contribution < -0.4 is 4.90 Å². The van der Waals surface area contributed by atoms with Crippen molar-refractivity contribution in [2.24, 2.45) is 0 Å². The minimum absolute atomic E-state index is 0.187. The van der Waals surface area contributed by atoms with Gasteiger partial charge in [-0.15, -0.1) is 11.3 Å². The van der Waals surface area contributed by atoms with Crippen molar-refractivity contribution in [2.75, 3.05) is 11.4 Å². The number of nitrogens with zero attached hydrogens (tertiary/aromatic N) is 2. The highest BCUT2D eigenvalue weighted by atomic mass is 79.9. The first-order chi connectivity index (χ1) is 8.74. The standard InChI is InChI=1S/C13H11BrN2OS/c14-10-5-3-9(4-6-10)11-8-18-13(15-11)16-7-1-2-12(16)17/h3-6,8H,1-2,7H2. The molecule has 0 unspecified atom stereocenters. The third kappa shape index (κ3) is 2.20. The van der Waals surface area contributed by atoms with Crippen molar-refractivity contribution in [3.05, 3.63) is 34.1 Å². The average molecular weight is 323 g/mol. The molecule has 3 nitrogen and oxygen atoms in total. The van der Waals surface area contributed by atoms with E-state index in [0.29, 0.717) is 6.42 Å². The molecule has 1 aromatic carbocycles. The van der Waals surface area contributed by atoms with Gasteiger partial charge in [-0.2, -0.15) is 0 Å². The van der Waals surface area contributed by atoms with E-state index in [2.05, 4.69) is 20.9 Å². The number of carbonyl (C=O) groups is 1. The zero-order valence-electron chi connectivity index (χ0n) is 9.60. The van der Waals surface area contributed by atoms with Gasteiger partial charge in [0.2, 0.25) is 5.91 Å². The molecule has 2 aromatic rings. The van der Waals surface area contributed by atoms with E-state index >= 15 is 0 Å². The van der Waals surface area contributed by atoms with Gasteiger partial charge in [0.1, 0.15) is 0 Å². The topological polar surface area (TPSA) is 33.2 Å². The largest absolute Gasteiger partial charge is 0.288 e. The lowest BCUT2D eigenvalue weighted by atomic mass is 10.2. The molecule has 1 amide bonds. The molecule has 92 valence electrons. The fourth-order valence-electron chi connectivity index (χ4n) is 1.99. The first-order valence-electron chi connectivity index (χ1n) is 5.76. The van der Waals surface area contributed by atoms with E-state index in [0.717, 1.165) is 33.8 Å². The summed E-state index contributed by atoms with van der Waals surface area (Å²) in [5.41, 5.74) is 2.01. The highest BCUT2D eigenvalue weighted by Crippen LogP contribution is 2.30. The maximum absolute atomic E-state index is 11.7. The predicted molar refractivity (Wildman–Crippen MR) is 76.8 cm³/mol. The van der Waals surface area contributed by atoms with Gasteiger partial charge >= 0.3 is 0 Å². The fourth-order valence-corrected chi connectivity index (χ4v) is 3.13. The molecule has 0 spiro atoms. The molecule has 1 aliphatic heterocycles. The Morgan fingerprint density at radius 3 is 2.72 bits per heavy atom. The van der Waals surface area contributed by atoms with Crippen molar-refractivity contribution in [2.45, 2.75) is 12.8 Å². The number of amides is 1. The molecule has 0 bridgehead atoms. The van der Waals surface area contributed by atoms with Crippen LogP contribution in [0.3, 0.4) is 0 Å². The molecule has 1 aromatic heterocycles. The first-order valence-corrected chi connectivity index (χ1v) is 7.43. The summed E-state index contributed by atoms with van der Waals surface area (Å²) in [5, 5.41) is 2.82. The van der Waals surface area contributed by atoms with Gasteiger partial charge in [-0.1, -0.05) is 28.1 Å². The molecule has 0 N–H and O–H groups in total. The molecule has 1 saturated heterocycles. The first kappa shape index (κ1) is 11.9. The van der Waals surface area contributed by atoms with Crippen molar-refractivity contribution >= 4 is 38.3 Å². The second kappa shape index (κ2) is 4.82. The van der Waals surface area contributed by atoms with Crippen molar-refractivity contribution < 1.29 is 4.79 Å². The van der Waals surface area contributed by atoms with Gasteiger partial charge in [-0.25, -0.2) is 4.98 Å². The van der Waals surface area contributed by atoms with Crippen LogP contribution in [-0.4, -0.2) is 17.4 Å². The summed E-state index contributed by atoms with van der Waals surface area (Å²) in [6.07, 6.45) is 1.58. The van der Waals surface area contributed by atoms with Crippen LogP contribution in [0.2, 0.25) is 0 Å². The van der Waals surface area contributed by atoms with Gasteiger partial charge in [0, 0.05) is 28.4 Å². The van der Waals surface area contributed by atoms with Crippen molar-refractivity contribution in [3.8, 4) is 11.3 Å². The molecular weight excluding hydrogens is 312 g/mol. The van der Waals surface area contributed by atoms with Crippen LogP contribution in [0.5, 0.6) is 0 Å². The van der Waals surface area contributed by atoms with Gasteiger partial charge in [0.25, 0.3) is 0 Å². The van der Waals surface area contributed by atoms with E-state index in [4.69, 9.17) is 0 Å². The Morgan fingerprint density at radius 2 is 2.06 bits per heavy atom. The monoisotopic (exact) mass is 322 g/mol. The van der Waals surface area contributed by atoms with Crippen LogP contribution >= 0.6 is 27.3 Å². The Bertz CT molecular complexity index is 579. The Morgan fingerprint density at radius 1 is 1.28 bits per heavy atom. The number of benzene rings is 1. The van der Waals surface area contributed by atoms with E-state index in [-0.39, 0.29) is 5.91 Å². The molecule has 2 heterocycles. The summed E-state index contributed by atoms with van der Waals surface area (Å²) in [6, 6.07) is 8.04.